The Bertz CT molecular complexity index is 1110. The quantitative estimate of drug-likeness (QED) is 0.586. The molecule has 0 bridgehead atoms. The van der Waals surface area contributed by atoms with Crippen LogP contribution < -0.4 is 0 Å². The van der Waals surface area contributed by atoms with E-state index < -0.39 is 33.4 Å². The van der Waals surface area contributed by atoms with Gasteiger partial charge in [-0.05, 0) is 49.2 Å². The Morgan fingerprint density at radius 3 is 2.31 bits per heavy atom. The second-order valence-electron chi connectivity index (χ2n) is 7.67. The monoisotopic (exact) mass is 464 g/mol. The average molecular weight is 465 g/mol. The van der Waals surface area contributed by atoms with Crippen LogP contribution in [-0.2, 0) is 10.0 Å². The van der Waals surface area contributed by atoms with Crippen LogP contribution in [0.2, 0.25) is 0 Å². The highest BCUT2D eigenvalue weighted by molar-refractivity contribution is 7.89. The Morgan fingerprint density at radius 2 is 1.69 bits per heavy atom. The van der Waals surface area contributed by atoms with Gasteiger partial charge in [0.2, 0.25) is 10.0 Å². The topological polar surface area (TPSA) is 74.8 Å². The molecule has 2 aromatic rings. The van der Waals surface area contributed by atoms with E-state index in [1.807, 2.05) is 0 Å². The van der Waals surface area contributed by atoms with Crippen molar-refractivity contribution in [3.63, 3.8) is 0 Å². The molecule has 32 heavy (non-hydrogen) atoms. The lowest BCUT2D eigenvalue weighted by Gasteiger charge is -2.31. The van der Waals surface area contributed by atoms with Crippen molar-refractivity contribution >= 4 is 21.7 Å². The first-order valence-electron chi connectivity index (χ1n) is 10.6. The maximum atomic E-state index is 13.9. The van der Waals surface area contributed by atoms with Gasteiger partial charge in [-0.3, -0.25) is 9.59 Å². The van der Waals surface area contributed by atoms with Crippen LogP contribution in [0.1, 0.15) is 47.4 Å². The molecule has 1 aliphatic heterocycles. The van der Waals surface area contributed by atoms with E-state index >= 15 is 0 Å². The molecule has 1 heterocycles. The van der Waals surface area contributed by atoms with Crippen molar-refractivity contribution in [3.05, 3.63) is 65.2 Å². The maximum Gasteiger partial charge on any atom is 0.253 e. The van der Waals surface area contributed by atoms with E-state index in [1.165, 1.54) is 22.5 Å². The summed E-state index contributed by atoms with van der Waals surface area (Å²) in [5, 5.41) is 0. The molecule has 1 fully saturated rings. The van der Waals surface area contributed by atoms with Gasteiger partial charge >= 0.3 is 0 Å². The highest BCUT2D eigenvalue weighted by atomic mass is 32.2. The SMILES string of the molecule is CCN(CC)S(=O)(=O)c1cccc(C(=O)N2CCC(C(=O)c3cc(F)ccc3F)CC2)c1. The Kier molecular flexibility index (Phi) is 7.40. The van der Waals surface area contributed by atoms with Gasteiger partial charge in [-0.25, -0.2) is 17.2 Å². The lowest BCUT2D eigenvalue weighted by atomic mass is 9.88. The average Bonchev–Trinajstić information content (AvgIpc) is 2.80. The second-order valence-corrected chi connectivity index (χ2v) is 9.61. The Balaban J connectivity index is 1.71. The zero-order chi connectivity index (χ0) is 23.5. The zero-order valence-corrected chi connectivity index (χ0v) is 18.9. The van der Waals surface area contributed by atoms with Crippen molar-refractivity contribution in [3.8, 4) is 0 Å². The first-order valence-corrected chi connectivity index (χ1v) is 12.0. The van der Waals surface area contributed by atoms with Crippen molar-refractivity contribution in [2.24, 2.45) is 5.92 Å². The molecule has 0 unspecified atom stereocenters. The third-order valence-corrected chi connectivity index (χ3v) is 7.82. The first-order chi connectivity index (χ1) is 15.2. The molecule has 0 atom stereocenters. The molecule has 1 amide bonds. The van der Waals surface area contributed by atoms with E-state index in [1.54, 1.807) is 24.8 Å². The molecular formula is C23H26F2N2O4S. The maximum absolute atomic E-state index is 13.9. The van der Waals surface area contributed by atoms with Gasteiger partial charge in [-0.2, -0.15) is 4.31 Å². The number of nitrogens with zero attached hydrogens (tertiary/aromatic N) is 2. The molecule has 0 saturated carbocycles. The zero-order valence-electron chi connectivity index (χ0n) is 18.1. The fraction of sp³-hybridized carbons (Fsp3) is 0.391. The minimum absolute atomic E-state index is 0.0543. The predicted molar refractivity (Wildman–Crippen MR) is 116 cm³/mol. The van der Waals surface area contributed by atoms with Gasteiger partial charge in [0, 0.05) is 37.7 Å². The van der Waals surface area contributed by atoms with Gasteiger partial charge < -0.3 is 4.90 Å². The summed E-state index contributed by atoms with van der Waals surface area (Å²) in [5.41, 5.74) is -0.0248. The lowest BCUT2D eigenvalue weighted by molar-refractivity contribution is 0.0649. The van der Waals surface area contributed by atoms with E-state index in [9.17, 15) is 26.8 Å². The van der Waals surface area contributed by atoms with Crippen LogP contribution in [0.5, 0.6) is 0 Å². The minimum atomic E-state index is -3.69. The molecule has 0 aliphatic carbocycles. The minimum Gasteiger partial charge on any atom is -0.339 e. The van der Waals surface area contributed by atoms with Crippen LogP contribution in [0.3, 0.4) is 0 Å². The van der Waals surface area contributed by atoms with E-state index in [4.69, 9.17) is 0 Å². The number of rotatable bonds is 7. The number of halogens is 2. The van der Waals surface area contributed by atoms with Gasteiger partial charge in [-0.15, -0.1) is 0 Å². The molecule has 6 nitrogen and oxygen atoms in total. The smallest absolute Gasteiger partial charge is 0.253 e. The molecule has 1 saturated heterocycles. The number of carbonyl (C=O) groups is 2. The normalized spacial score (nSPS) is 15.2. The molecule has 0 N–H and O–H groups in total. The highest BCUT2D eigenvalue weighted by Crippen LogP contribution is 2.25. The number of Topliss-reactive ketones (excluding diaryl/α,β-unsaturated/α-hetero) is 1. The van der Waals surface area contributed by atoms with Gasteiger partial charge in [0.25, 0.3) is 5.91 Å². The number of sulfonamides is 1. The summed E-state index contributed by atoms with van der Waals surface area (Å²) in [6.07, 6.45) is 0.635. The number of amides is 1. The summed E-state index contributed by atoms with van der Waals surface area (Å²) in [4.78, 5) is 27.2. The Morgan fingerprint density at radius 1 is 1.03 bits per heavy atom. The van der Waals surface area contributed by atoms with Gasteiger partial charge in [0.15, 0.2) is 5.78 Å². The van der Waals surface area contributed by atoms with E-state index in [0.29, 0.717) is 25.9 Å². The second kappa shape index (κ2) is 9.87. The summed E-state index contributed by atoms with van der Waals surface area (Å²) in [5.74, 6) is -2.75. The fourth-order valence-electron chi connectivity index (χ4n) is 3.94. The van der Waals surface area contributed by atoms with Crippen LogP contribution in [0, 0.1) is 17.6 Å². The molecule has 2 aromatic carbocycles. The summed E-state index contributed by atoms with van der Waals surface area (Å²) in [7, 11) is -3.69. The predicted octanol–water partition coefficient (Wildman–Crippen LogP) is 3.73. The standard InChI is InChI=1S/C23H26F2N2O4S/c1-3-27(4-2)32(30,31)19-7-5-6-17(14-19)23(29)26-12-10-16(11-13-26)22(28)20-15-18(24)8-9-21(20)25/h5-9,14-16H,3-4,10-13H2,1-2H3. The molecule has 172 valence electrons. The number of hydrogen-bond acceptors (Lipinski definition) is 4. The third-order valence-electron chi connectivity index (χ3n) is 5.77. The summed E-state index contributed by atoms with van der Waals surface area (Å²) < 4.78 is 54.2. The van der Waals surface area contributed by atoms with E-state index in [0.717, 1.165) is 18.2 Å². The number of ketones is 1. The molecule has 3 rings (SSSR count). The first kappa shape index (κ1) is 24.0. The number of hydrogen-bond donors (Lipinski definition) is 0. The summed E-state index contributed by atoms with van der Waals surface area (Å²) in [6.45, 7) is 4.67. The molecular weight excluding hydrogens is 438 g/mol. The molecule has 0 aromatic heterocycles. The number of likely N-dealkylation sites (tertiary alicyclic amines) is 1. The largest absolute Gasteiger partial charge is 0.339 e. The van der Waals surface area contributed by atoms with Crippen molar-refractivity contribution in [1.29, 1.82) is 0 Å². The Hall–Kier alpha value is -2.65. The Labute approximate surface area is 186 Å². The molecule has 0 radical (unpaired) electrons. The van der Waals surface area contributed by atoms with Crippen molar-refractivity contribution in [2.75, 3.05) is 26.2 Å². The number of piperidine rings is 1. The number of carbonyl (C=O) groups excluding carboxylic acids is 2. The number of benzene rings is 2. The van der Waals surface area contributed by atoms with Gasteiger partial charge in [0.1, 0.15) is 11.6 Å². The summed E-state index contributed by atoms with van der Waals surface area (Å²) >= 11 is 0. The van der Waals surface area contributed by atoms with E-state index in [2.05, 4.69) is 0 Å². The van der Waals surface area contributed by atoms with Crippen molar-refractivity contribution < 1.29 is 26.8 Å². The fourth-order valence-corrected chi connectivity index (χ4v) is 5.44. The van der Waals surface area contributed by atoms with Gasteiger partial charge in [-0.1, -0.05) is 19.9 Å². The van der Waals surface area contributed by atoms with Crippen LogP contribution in [0.25, 0.3) is 0 Å². The lowest BCUT2D eigenvalue weighted by Crippen LogP contribution is -2.40. The van der Waals surface area contributed by atoms with Crippen molar-refractivity contribution in [1.82, 2.24) is 9.21 Å². The van der Waals surface area contributed by atoms with Gasteiger partial charge in [0.05, 0.1) is 10.5 Å². The van der Waals surface area contributed by atoms with Crippen LogP contribution in [0.15, 0.2) is 47.4 Å². The van der Waals surface area contributed by atoms with Crippen molar-refractivity contribution in [2.45, 2.75) is 31.6 Å². The third kappa shape index (κ3) is 4.88. The van der Waals surface area contributed by atoms with Crippen LogP contribution in [-0.4, -0.2) is 55.5 Å². The molecule has 0 spiro atoms. The van der Waals surface area contributed by atoms with E-state index in [-0.39, 0.29) is 35.0 Å². The van der Waals surface area contributed by atoms with Crippen LogP contribution in [0.4, 0.5) is 8.78 Å². The molecule has 9 heteroatoms. The highest BCUT2D eigenvalue weighted by Gasteiger charge is 2.30. The van der Waals surface area contributed by atoms with Crippen LogP contribution >= 0.6 is 0 Å². The summed E-state index contributed by atoms with van der Waals surface area (Å²) in [6, 6.07) is 8.72. The molecule has 1 aliphatic rings.